The molecule has 3 N–H and O–H groups in total. The smallest absolute Gasteiger partial charge is 0.256 e. The summed E-state index contributed by atoms with van der Waals surface area (Å²) >= 11 is 0. The van der Waals surface area contributed by atoms with Gasteiger partial charge in [0.1, 0.15) is 23.1 Å². The highest BCUT2D eigenvalue weighted by molar-refractivity contribution is 5.92. The Morgan fingerprint density at radius 2 is 1.53 bits per heavy atom. The summed E-state index contributed by atoms with van der Waals surface area (Å²) in [4.78, 5) is 21.2. The predicted octanol–water partition coefficient (Wildman–Crippen LogP) is 2.63. The Hall–Kier alpha value is -3.76. The fourth-order valence-corrected chi connectivity index (χ4v) is 3.29. The highest BCUT2D eigenvalue weighted by atomic mass is 19.1. The van der Waals surface area contributed by atoms with Crippen LogP contribution in [0.15, 0.2) is 59.4 Å². The Balaban J connectivity index is 2.11. The third-order valence-corrected chi connectivity index (χ3v) is 4.81. The molecule has 0 aliphatic rings. The third kappa shape index (κ3) is 3.81. The van der Waals surface area contributed by atoms with E-state index in [2.05, 4.69) is 15.3 Å². The van der Waals surface area contributed by atoms with Crippen molar-refractivity contribution >= 4 is 17.0 Å². The van der Waals surface area contributed by atoms with Crippen molar-refractivity contribution < 1.29 is 23.4 Å². The molecular formula is C22H17F3N4O3. The van der Waals surface area contributed by atoms with Crippen LogP contribution in [0.5, 0.6) is 0 Å². The number of hydrogen-bond acceptors (Lipinski definition) is 6. The summed E-state index contributed by atoms with van der Waals surface area (Å²) in [6.45, 7) is -0.951. The lowest BCUT2D eigenvalue weighted by Gasteiger charge is -2.17. The van der Waals surface area contributed by atoms with Gasteiger partial charge < -0.3 is 15.5 Å². The first-order valence-corrected chi connectivity index (χ1v) is 9.56. The lowest BCUT2D eigenvalue weighted by atomic mass is 10.1. The van der Waals surface area contributed by atoms with Crippen LogP contribution in [0.2, 0.25) is 0 Å². The quantitative estimate of drug-likeness (QED) is 0.425. The van der Waals surface area contributed by atoms with Crippen LogP contribution in [0.1, 0.15) is 0 Å². The molecular weight excluding hydrogens is 425 g/mol. The number of nitrogens with one attached hydrogen (secondary N) is 1. The van der Waals surface area contributed by atoms with E-state index >= 15 is 0 Å². The van der Waals surface area contributed by atoms with E-state index in [4.69, 9.17) is 0 Å². The summed E-state index contributed by atoms with van der Waals surface area (Å²) in [6.07, 6.45) is 0. The van der Waals surface area contributed by atoms with Crippen molar-refractivity contribution in [3.05, 3.63) is 82.4 Å². The van der Waals surface area contributed by atoms with E-state index in [0.717, 1.165) is 28.8 Å². The zero-order chi connectivity index (χ0) is 22.8. The molecule has 0 saturated carbocycles. The monoisotopic (exact) mass is 442 g/mol. The van der Waals surface area contributed by atoms with Gasteiger partial charge in [0.2, 0.25) is 5.95 Å². The first kappa shape index (κ1) is 21.5. The number of anilines is 1. The van der Waals surface area contributed by atoms with Gasteiger partial charge >= 0.3 is 0 Å². The molecule has 32 heavy (non-hydrogen) atoms. The number of rotatable bonds is 6. The van der Waals surface area contributed by atoms with Gasteiger partial charge in [-0.15, -0.1) is 0 Å². The van der Waals surface area contributed by atoms with Crippen molar-refractivity contribution in [1.29, 1.82) is 0 Å². The Kier molecular flexibility index (Phi) is 5.89. The minimum atomic E-state index is -0.997. The molecule has 0 aliphatic carbocycles. The molecule has 0 spiro atoms. The topological polar surface area (TPSA) is 100 Å². The van der Waals surface area contributed by atoms with Gasteiger partial charge in [-0.1, -0.05) is 18.2 Å². The summed E-state index contributed by atoms with van der Waals surface area (Å²) in [5, 5.41) is 21.6. The first-order chi connectivity index (χ1) is 15.4. The maximum atomic E-state index is 14.6. The van der Waals surface area contributed by atoms with Crippen molar-refractivity contribution in [3.8, 4) is 16.9 Å². The largest absolute Gasteiger partial charge is 0.394 e. The van der Waals surface area contributed by atoms with Crippen molar-refractivity contribution in [2.75, 3.05) is 18.5 Å². The van der Waals surface area contributed by atoms with Crippen LogP contribution < -0.4 is 10.9 Å². The summed E-state index contributed by atoms with van der Waals surface area (Å²) < 4.78 is 44.5. The number of aliphatic hydroxyl groups excluding tert-OH is 2. The van der Waals surface area contributed by atoms with E-state index < -0.39 is 48.0 Å². The molecule has 0 radical (unpaired) electrons. The van der Waals surface area contributed by atoms with Crippen LogP contribution in [0.4, 0.5) is 19.1 Å². The van der Waals surface area contributed by atoms with Crippen molar-refractivity contribution in [2.45, 2.75) is 6.04 Å². The average molecular weight is 442 g/mol. The molecule has 0 aliphatic heterocycles. The molecule has 2 heterocycles. The van der Waals surface area contributed by atoms with E-state index in [9.17, 15) is 28.2 Å². The molecule has 2 aromatic heterocycles. The molecule has 0 atom stereocenters. The van der Waals surface area contributed by atoms with Crippen LogP contribution in [0.25, 0.3) is 28.0 Å². The fourth-order valence-electron chi connectivity index (χ4n) is 3.29. The minimum Gasteiger partial charge on any atom is -0.394 e. The molecule has 0 saturated heterocycles. The van der Waals surface area contributed by atoms with Gasteiger partial charge in [0.15, 0.2) is 5.65 Å². The summed E-state index contributed by atoms with van der Waals surface area (Å²) in [5.41, 5.74) is -1.49. The van der Waals surface area contributed by atoms with Gasteiger partial charge in [0, 0.05) is 17.0 Å². The van der Waals surface area contributed by atoms with E-state index in [1.54, 1.807) is 6.07 Å². The number of benzene rings is 2. The Morgan fingerprint density at radius 3 is 2.19 bits per heavy atom. The van der Waals surface area contributed by atoms with Crippen molar-refractivity contribution in [3.63, 3.8) is 0 Å². The van der Waals surface area contributed by atoms with Gasteiger partial charge in [-0.3, -0.25) is 9.36 Å². The molecule has 164 valence electrons. The van der Waals surface area contributed by atoms with E-state index in [1.807, 2.05) is 0 Å². The second kappa shape index (κ2) is 8.77. The van der Waals surface area contributed by atoms with Crippen molar-refractivity contribution in [1.82, 2.24) is 14.5 Å². The molecule has 4 aromatic rings. The lowest BCUT2D eigenvalue weighted by molar-refractivity contribution is 0.203. The summed E-state index contributed by atoms with van der Waals surface area (Å²) in [5.74, 6) is -2.79. The molecule has 7 nitrogen and oxygen atoms in total. The normalized spacial score (nSPS) is 11.3. The maximum Gasteiger partial charge on any atom is 0.256 e. The molecule has 4 rings (SSSR count). The maximum absolute atomic E-state index is 14.6. The Labute approximate surface area is 179 Å². The fraction of sp³-hybridized carbons (Fsp3) is 0.136. The standard InChI is InChI=1S/C22H17F3N4O3/c23-15-5-2-1-4-13(15)19-14-8-9-18(32)29(20-16(24)6-3-7-17(20)25)21(14)28-22(27-19)26-12(10-30)11-31/h1-9,12,30-31H,10-11H2,(H,26,27,28). The van der Waals surface area contributed by atoms with Gasteiger partial charge in [-0.2, -0.15) is 4.98 Å². The molecule has 0 amide bonds. The zero-order valence-electron chi connectivity index (χ0n) is 16.5. The number of pyridine rings is 1. The van der Waals surface area contributed by atoms with Crippen LogP contribution >= 0.6 is 0 Å². The SMILES string of the molecule is O=c1ccc2c(-c3ccccc3F)nc(NC(CO)CO)nc2n1-c1c(F)cccc1F. The number of nitrogens with zero attached hydrogens (tertiary/aromatic N) is 3. The molecule has 10 heteroatoms. The molecule has 0 bridgehead atoms. The van der Waals surface area contributed by atoms with E-state index in [0.29, 0.717) is 0 Å². The highest BCUT2D eigenvalue weighted by Gasteiger charge is 2.21. The summed E-state index contributed by atoms with van der Waals surface area (Å²) in [6, 6.07) is 10.4. The van der Waals surface area contributed by atoms with Crippen LogP contribution in [0, 0.1) is 17.5 Å². The molecule has 0 fully saturated rings. The van der Waals surface area contributed by atoms with Gasteiger partial charge in [-0.25, -0.2) is 18.2 Å². The predicted molar refractivity (Wildman–Crippen MR) is 112 cm³/mol. The summed E-state index contributed by atoms with van der Waals surface area (Å²) in [7, 11) is 0. The van der Waals surface area contributed by atoms with Crippen molar-refractivity contribution in [2.24, 2.45) is 0 Å². The Morgan fingerprint density at radius 1 is 0.875 bits per heavy atom. The van der Waals surface area contributed by atoms with Gasteiger partial charge in [0.25, 0.3) is 5.56 Å². The number of aromatic nitrogens is 3. The van der Waals surface area contributed by atoms with Crippen LogP contribution in [-0.2, 0) is 0 Å². The number of halogens is 3. The average Bonchev–Trinajstić information content (AvgIpc) is 2.78. The second-order valence-electron chi connectivity index (χ2n) is 6.90. The van der Waals surface area contributed by atoms with Crippen LogP contribution in [0.3, 0.4) is 0 Å². The highest BCUT2D eigenvalue weighted by Crippen LogP contribution is 2.30. The van der Waals surface area contributed by atoms with Crippen LogP contribution in [-0.4, -0.2) is 44.0 Å². The zero-order valence-corrected chi connectivity index (χ0v) is 16.5. The van der Waals surface area contributed by atoms with E-state index in [-0.39, 0.29) is 28.2 Å². The lowest BCUT2D eigenvalue weighted by Crippen LogP contribution is -2.29. The molecule has 2 aromatic carbocycles. The minimum absolute atomic E-state index is 0.0516. The van der Waals surface area contributed by atoms with Gasteiger partial charge in [0.05, 0.1) is 24.9 Å². The first-order valence-electron chi connectivity index (χ1n) is 9.56. The number of fused-ring (bicyclic) bond motifs is 1. The molecule has 0 unspecified atom stereocenters. The number of aliphatic hydroxyl groups is 2. The number of para-hydroxylation sites is 1. The second-order valence-corrected chi connectivity index (χ2v) is 6.90. The van der Waals surface area contributed by atoms with E-state index in [1.165, 1.54) is 24.3 Å². The number of hydrogen-bond donors (Lipinski definition) is 3. The van der Waals surface area contributed by atoms with Gasteiger partial charge in [-0.05, 0) is 30.3 Å². The Bertz CT molecular complexity index is 1340. The third-order valence-electron chi connectivity index (χ3n) is 4.81.